The number of unbranched alkanes of at least 4 members (excludes halogenated alkanes) is 3. The van der Waals surface area contributed by atoms with Crippen LogP contribution in [0.1, 0.15) is 77.6 Å². The monoisotopic (exact) mass is 318 g/mol. The highest BCUT2D eigenvalue weighted by Crippen LogP contribution is 2.24. The average Bonchev–Trinajstić information content (AvgIpc) is 2.47. The highest BCUT2D eigenvalue weighted by atomic mass is 35.5. The summed E-state index contributed by atoms with van der Waals surface area (Å²) in [6.45, 7) is 4.90. The molecule has 0 atom stereocenters. The Labute approximate surface area is 137 Å². The molecule has 0 unspecified atom stereocenters. The van der Waals surface area contributed by atoms with E-state index < -0.39 is 0 Å². The number of nitrogens with zero attached hydrogens (tertiary/aromatic N) is 1. The van der Waals surface area contributed by atoms with Gasteiger partial charge in [-0.05, 0) is 44.6 Å². The highest BCUT2D eigenvalue weighted by Gasteiger charge is 2.19. The average molecular weight is 319 g/mol. The lowest BCUT2D eigenvalue weighted by Gasteiger charge is -2.29. The van der Waals surface area contributed by atoms with E-state index in [1.165, 1.54) is 38.5 Å². The minimum absolute atomic E-state index is 0. The van der Waals surface area contributed by atoms with E-state index in [9.17, 15) is 4.79 Å². The van der Waals surface area contributed by atoms with E-state index in [0.717, 1.165) is 57.7 Å². The van der Waals surface area contributed by atoms with Gasteiger partial charge in [0.15, 0.2) is 0 Å². The van der Waals surface area contributed by atoms with Gasteiger partial charge in [-0.25, -0.2) is 0 Å². The second kappa shape index (κ2) is 13.4. The molecule has 21 heavy (non-hydrogen) atoms. The van der Waals surface area contributed by atoms with E-state index >= 15 is 0 Å². The molecule has 0 radical (unpaired) electrons. The van der Waals surface area contributed by atoms with E-state index in [-0.39, 0.29) is 12.4 Å². The van der Waals surface area contributed by atoms with Crippen LogP contribution in [0.3, 0.4) is 0 Å². The minimum Gasteiger partial charge on any atom is -0.342 e. The molecular formula is C17H35ClN2O. The first-order valence-electron chi connectivity index (χ1n) is 8.75. The molecule has 0 aromatic heterocycles. The Kier molecular flexibility index (Phi) is 13.2. The maximum atomic E-state index is 12.3. The molecule has 0 aliphatic heterocycles. The summed E-state index contributed by atoms with van der Waals surface area (Å²) in [4.78, 5) is 14.5. The number of rotatable bonds is 10. The third-order valence-electron chi connectivity index (χ3n) is 4.39. The van der Waals surface area contributed by atoms with Gasteiger partial charge in [-0.3, -0.25) is 4.79 Å². The van der Waals surface area contributed by atoms with Crippen LogP contribution in [0.5, 0.6) is 0 Å². The standard InChI is InChI=1S/C17H34N2O.ClH/c1-2-14-19(15-16-10-6-5-7-11-16)17(20)12-8-3-4-9-13-18;/h16H,2-15,18H2,1H3;1H. The van der Waals surface area contributed by atoms with Crippen molar-refractivity contribution in [2.45, 2.75) is 77.6 Å². The van der Waals surface area contributed by atoms with E-state index in [0.29, 0.717) is 5.91 Å². The fourth-order valence-electron chi connectivity index (χ4n) is 3.20. The second-order valence-electron chi connectivity index (χ2n) is 6.30. The summed E-state index contributed by atoms with van der Waals surface area (Å²) in [5.74, 6) is 1.14. The van der Waals surface area contributed by atoms with E-state index in [1.807, 2.05) is 0 Å². The largest absolute Gasteiger partial charge is 0.342 e. The summed E-state index contributed by atoms with van der Waals surface area (Å²) in [6, 6.07) is 0. The van der Waals surface area contributed by atoms with E-state index in [4.69, 9.17) is 5.73 Å². The van der Waals surface area contributed by atoms with Crippen LogP contribution in [0.15, 0.2) is 0 Å². The zero-order valence-electron chi connectivity index (χ0n) is 13.8. The summed E-state index contributed by atoms with van der Waals surface area (Å²) in [5.41, 5.74) is 5.49. The SMILES string of the molecule is CCCN(CC1CCCCC1)C(=O)CCCCCCN.Cl. The van der Waals surface area contributed by atoms with E-state index in [2.05, 4.69) is 11.8 Å². The van der Waals surface area contributed by atoms with E-state index in [1.54, 1.807) is 0 Å². The lowest BCUT2D eigenvalue weighted by Crippen LogP contribution is -2.36. The van der Waals surface area contributed by atoms with Crippen molar-refractivity contribution in [2.24, 2.45) is 11.7 Å². The van der Waals surface area contributed by atoms with Crippen LogP contribution >= 0.6 is 12.4 Å². The molecule has 1 amide bonds. The first-order chi connectivity index (χ1) is 9.77. The summed E-state index contributed by atoms with van der Waals surface area (Å²) in [6.07, 6.45) is 13.0. The molecule has 4 heteroatoms. The van der Waals surface area contributed by atoms with Crippen molar-refractivity contribution in [1.29, 1.82) is 0 Å². The van der Waals surface area contributed by atoms with Crippen molar-refractivity contribution in [2.75, 3.05) is 19.6 Å². The molecule has 0 aromatic rings. The third kappa shape index (κ3) is 9.36. The van der Waals surface area contributed by atoms with Crippen molar-refractivity contribution in [1.82, 2.24) is 4.90 Å². The summed E-state index contributed by atoms with van der Waals surface area (Å²) >= 11 is 0. The van der Waals surface area contributed by atoms with Crippen molar-refractivity contribution in [3.05, 3.63) is 0 Å². The molecule has 0 heterocycles. The molecule has 1 fully saturated rings. The molecule has 0 saturated heterocycles. The van der Waals surface area contributed by atoms with Gasteiger partial charge in [0.1, 0.15) is 0 Å². The van der Waals surface area contributed by atoms with Crippen LogP contribution in [-0.4, -0.2) is 30.4 Å². The van der Waals surface area contributed by atoms with Crippen LogP contribution in [0.4, 0.5) is 0 Å². The quantitative estimate of drug-likeness (QED) is 0.615. The molecule has 0 spiro atoms. The van der Waals surface area contributed by atoms with Crippen molar-refractivity contribution >= 4 is 18.3 Å². The smallest absolute Gasteiger partial charge is 0.222 e. The van der Waals surface area contributed by atoms with Crippen LogP contribution in [-0.2, 0) is 4.79 Å². The summed E-state index contributed by atoms with van der Waals surface area (Å²) in [7, 11) is 0. The Morgan fingerprint density at radius 2 is 1.76 bits per heavy atom. The fraction of sp³-hybridized carbons (Fsp3) is 0.941. The van der Waals surface area contributed by atoms with Gasteiger partial charge in [0.2, 0.25) is 5.91 Å². The molecule has 0 aromatic carbocycles. The molecule has 1 saturated carbocycles. The molecule has 1 aliphatic rings. The molecule has 2 N–H and O–H groups in total. The van der Waals surface area contributed by atoms with Gasteiger partial charge in [-0.1, -0.05) is 39.0 Å². The first kappa shape index (κ1) is 20.7. The van der Waals surface area contributed by atoms with Crippen molar-refractivity contribution in [3.63, 3.8) is 0 Å². The number of hydrogen-bond donors (Lipinski definition) is 1. The normalized spacial score (nSPS) is 15.5. The number of halogens is 1. The predicted octanol–water partition coefficient (Wildman–Crippen LogP) is 4.14. The van der Waals surface area contributed by atoms with Crippen molar-refractivity contribution < 1.29 is 4.79 Å². The molecular weight excluding hydrogens is 284 g/mol. The topological polar surface area (TPSA) is 46.3 Å². The zero-order valence-corrected chi connectivity index (χ0v) is 14.6. The van der Waals surface area contributed by atoms with Crippen LogP contribution in [0.25, 0.3) is 0 Å². The molecule has 126 valence electrons. The fourth-order valence-corrected chi connectivity index (χ4v) is 3.20. The minimum atomic E-state index is 0. The summed E-state index contributed by atoms with van der Waals surface area (Å²) in [5, 5.41) is 0. The first-order valence-corrected chi connectivity index (χ1v) is 8.75. The number of carbonyl (C=O) groups excluding carboxylic acids is 1. The van der Waals surface area contributed by atoms with Gasteiger partial charge >= 0.3 is 0 Å². The number of carbonyl (C=O) groups is 1. The maximum absolute atomic E-state index is 12.3. The predicted molar refractivity (Wildman–Crippen MR) is 92.8 cm³/mol. The lowest BCUT2D eigenvalue weighted by molar-refractivity contribution is -0.132. The van der Waals surface area contributed by atoms with Gasteiger partial charge in [0, 0.05) is 19.5 Å². The van der Waals surface area contributed by atoms with Gasteiger partial charge in [0.05, 0.1) is 0 Å². The Hall–Kier alpha value is -0.280. The van der Waals surface area contributed by atoms with Gasteiger partial charge in [-0.15, -0.1) is 12.4 Å². The van der Waals surface area contributed by atoms with Crippen LogP contribution < -0.4 is 5.73 Å². The number of hydrogen-bond acceptors (Lipinski definition) is 2. The Bertz CT molecular complexity index is 255. The Morgan fingerprint density at radius 3 is 2.38 bits per heavy atom. The van der Waals surface area contributed by atoms with Crippen molar-refractivity contribution in [3.8, 4) is 0 Å². The maximum Gasteiger partial charge on any atom is 0.222 e. The molecule has 1 aliphatic carbocycles. The molecule has 3 nitrogen and oxygen atoms in total. The van der Waals surface area contributed by atoms with Gasteiger partial charge in [0.25, 0.3) is 0 Å². The van der Waals surface area contributed by atoms with Crippen LogP contribution in [0, 0.1) is 5.92 Å². The van der Waals surface area contributed by atoms with Crippen LogP contribution in [0.2, 0.25) is 0 Å². The molecule has 0 bridgehead atoms. The lowest BCUT2D eigenvalue weighted by atomic mass is 9.89. The highest BCUT2D eigenvalue weighted by molar-refractivity contribution is 5.85. The number of nitrogens with two attached hydrogens (primary N) is 1. The van der Waals surface area contributed by atoms with Gasteiger partial charge < -0.3 is 10.6 Å². The number of amides is 1. The third-order valence-corrected chi connectivity index (χ3v) is 4.39. The zero-order chi connectivity index (χ0) is 14.6. The summed E-state index contributed by atoms with van der Waals surface area (Å²) < 4.78 is 0. The second-order valence-corrected chi connectivity index (χ2v) is 6.30. The van der Waals surface area contributed by atoms with Gasteiger partial charge in [-0.2, -0.15) is 0 Å². The molecule has 1 rings (SSSR count). The Balaban J connectivity index is 0.00000400. The Morgan fingerprint density at radius 1 is 1.10 bits per heavy atom.